The van der Waals surface area contributed by atoms with Crippen molar-refractivity contribution in [3.05, 3.63) is 53.0 Å². The van der Waals surface area contributed by atoms with Crippen LogP contribution in [-0.2, 0) is 6.54 Å². The molecule has 0 spiro atoms. The summed E-state index contributed by atoms with van der Waals surface area (Å²) in [7, 11) is 0. The van der Waals surface area contributed by atoms with Crippen molar-refractivity contribution in [3.8, 4) is 0 Å². The lowest BCUT2D eigenvalue weighted by molar-refractivity contribution is 0.658. The summed E-state index contributed by atoms with van der Waals surface area (Å²) in [4.78, 5) is 19.9. The molecule has 7 nitrogen and oxygen atoms in total. The summed E-state index contributed by atoms with van der Waals surface area (Å²) in [6.07, 6.45) is 6.26. The van der Waals surface area contributed by atoms with Gasteiger partial charge in [-0.3, -0.25) is 4.98 Å². The van der Waals surface area contributed by atoms with E-state index in [9.17, 15) is 4.79 Å². The second kappa shape index (κ2) is 3.95. The molecule has 0 aliphatic rings. The van der Waals surface area contributed by atoms with E-state index in [4.69, 9.17) is 5.73 Å². The van der Waals surface area contributed by atoms with Crippen molar-refractivity contribution < 1.29 is 0 Å². The summed E-state index contributed by atoms with van der Waals surface area (Å²) in [5, 5.41) is 4.17. The Kier molecular flexibility index (Phi) is 2.30. The number of hydrogen-bond acceptors (Lipinski definition) is 5. The highest BCUT2D eigenvalue weighted by atomic mass is 16.2. The minimum atomic E-state index is -0.226. The summed E-state index contributed by atoms with van der Waals surface area (Å²) in [5.74, 6) is 0.402. The van der Waals surface area contributed by atoms with Gasteiger partial charge in [-0.25, -0.2) is 18.9 Å². The van der Waals surface area contributed by atoms with Crippen LogP contribution in [0.25, 0.3) is 5.65 Å². The SMILES string of the molecule is Nc1ncccc1Cn1nc2cnccn2c1=O. The summed E-state index contributed by atoms with van der Waals surface area (Å²) < 4.78 is 2.77. The van der Waals surface area contributed by atoms with Gasteiger partial charge in [0.05, 0.1) is 12.7 Å². The van der Waals surface area contributed by atoms with Gasteiger partial charge in [-0.2, -0.15) is 0 Å². The Morgan fingerprint density at radius 1 is 1.33 bits per heavy atom. The van der Waals surface area contributed by atoms with E-state index in [0.717, 1.165) is 5.56 Å². The van der Waals surface area contributed by atoms with Crippen LogP contribution < -0.4 is 11.4 Å². The van der Waals surface area contributed by atoms with Crippen LogP contribution in [0.4, 0.5) is 5.82 Å². The molecule has 0 unspecified atom stereocenters. The second-order valence-electron chi connectivity index (χ2n) is 3.79. The first-order valence-electron chi connectivity index (χ1n) is 5.34. The van der Waals surface area contributed by atoms with Crippen molar-refractivity contribution in [2.75, 3.05) is 5.73 Å². The summed E-state index contributed by atoms with van der Waals surface area (Å²) in [6, 6.07) is 3.59. The lowest BCUT2D eigenvalue weighted by Gasteiger charge is -2.02. The van der Waals surface area contributed by atoms with E-state index in [-0.39, 0.29) is 5.69 Å². The van der Waals surface area contributed by atoms with Crippen LogP contribution in [0.3, 0.4) is 0 Å². The molecule has 90 valence electrons. The third kappa shape index (κ3) is 1.61. The molecule has 3 aromatic rings. The van der Waals surface area contributed by atoms with Crippen LogP contribution >= 0.6 is 0 Å². The van der Waals surface area contributed by atoms with E-state index >= 15 is 0 Å². The van der Waals surface area contributed by atoms with Gasteiger partial charge in [0.25, 0.3) is 0 Å². The van der Waals surface area contributed by atoms with E-state index < -0.39 is 0 Å². The van der Waals surface area contributed by atoms with Gasteiger partial charge in [-0.1, -0.05) is 6.07 Å². The van der Waals surface area contributed by atoms with Crippen LogP contribution in [0.2, 0.25) is 0 Å². The quantitative estimate of drug-likeness (QED) is 0.678. The van der Waals surface area contributed by atoms with Crippen LogP contribution in [0.1, 0.15) is 5.56 Å². The standard InChI is InChI=1S/C11H10N6O/c12-10-8(2-1-3-14-10)7-17-11(18)16-5-4-13-6-9(16)15-17/h1-6H,7H2,(H2,12,14). The van der Waals surface area contributed by atoms with Gasteiger partial charge in [-0.05, 0) is 6.07 Å². The van der Waals surface area contributed by atoms with Crippen molar-refractivity contribution in [1.82, 2.24) is 24.1 Å². The monoisotopic (exact) mass is 242 g/mol. The molecule has 0 bridgehead atoms. The second-order valence-corrected chi connectivity index (χ2v) is 3.79. The van der Waals surface area contributed by atoms with Crippen LogP contribution in [-0.4, -0.2) is 24.1 Å². The summed E-state index contributed by atoms with van der Waals surface area (Å²) in [5.41, 5.74) is 6.78. The van der Waals surface area contributed by atoms with Crippen LogP contribution in [0, 0.1) is 0 Å². The van der Waals surface area contributed by atoms with Gasteiger partial charge < -0.3 is 5.73 Å². The van der Waals surface area contributed by atoms with Gasteiger partial charge in [-0.15, -0.1) is 5.10 Å². The zero-order chi connectivity index (χ0) is 12.5. The lowest BCUT2D eigenvalue weighted by Crippen LogP contribution is -2.22. The number of pyridine rings is 1. The highest BCUT2D eigenvalue weighted by molar-refractivity contribution is 5.39. The molecular weight excluding hydrogens is 232 g/mol. The minimum Gasteiger partial charge on any atom is -0.383 e. The summed E-state index contributed by atoms with van der Waals surface area (Å²) >= 11 is 0. The fourth-order valence-corrected chi connectivity index (χ4v) is 1.73. The zero-order valence-electron chi connectivity index (χ0n) is 9.39. The van der Waals surface area contributed by atoms with E-state index in [1.165, 1.54) is 15.3 Å². The fraction of sp³-hybridized carbons (Fsp3) is 0.0909. The average Bonchev–Trinajstić information content (AvgIpc) is 2.70. The Labute approximate surface area is 102 Å². The maximum absolute atomic E-state index is 12.0. The molecule has 3 aromatic heterocycles. The van der Waals surface area contributed by atoms with E-state index in [0.29, 0.717) is 18.0 Å². The number of nitrogens with two attached hydrogens (primary N) is 1. The molecule has 7 heteroatoms. The molecule has 0 saturated heterocycles. The third-order valence-corrected chi connectivity index (χ3v) is 2.63. The van der Waals surface area contributed by atoms with Crippen molar-refractivity contribution in [2.24, 2.45) is 0 Å². The highest BCUT2D eigenvalue weighted by Gasteiger charge is 2.08. The number of hydrogen-bond donors (Lipinski definition) is 1. The van der Waals surface area contributed by atoms with Gasteiger partial charge in [0.2, 0.25) is 0 Å². The largest absolute Gasteiger partial charge is 0.383 e. The van der Waals surface area contributed by atoms with Gasteiger partial charge in [0.1, 0.15) is 5.82 Å². The van der Waals surface area contributed by atoms with Crippen molar-refractivity contribution >= 4 is 11.5 Å². The third-order valence-electron chi connectivity index (χ3n) is 2.63. The number of fused-ring (bicyclic) bond motifs is 1. The predicted octanol–water partition coefficient (Wildman–Crippen LogP) is -0.0835. The molecule has 0 aliphatic heterocycles. The predicted molar refractivity (Wildman–Crippen MR) is 65.0 cm³/mol. The van der Waals surface area contributed by atoms with Crippen LogP contribution in [0.15, 0.2) is 41.7 Å². The summed E-state index contributed by atoms with van der Waals surface area (Å²) in [6.45, 7) is 0.292. The molecule has 0 amide bonds. The first-order valence-corrected chi connectivity index (χ1v) is 5.34. The maximum Gasteiger partial charge on any atom is 0.350 e. The van der Waals surface area contributed by atoms with Gasteiger partial charge >= 0.3 is 5.69 Å². The van der Waals surface area contributed by atoms with Crippen molar-refractivity contribution in [2.45, 2.75) is 6.54 Å². The molecule has 0 fully saturated rings. The first kappa shape index (κ1) is 10.5. The van der Waals surface area contributed by atoms with Crippen LogP contribution in [0.5, 0.6) is 0 Å². The molecule has 0 radical (unpaired) electrons. The fourth-order valence-electron chi connectivity index (χ4n) is 1.73. The van der Waals surface area contributed by atoms with Crippen molar-refractivity contribution in [3.63, 3.8) is 0 Å². The number of rotatable bonds is 2. The number of aromatic nitrogens is 5. The van der Waals surface area contributed by atoms with E-state index in [1.807, 2.05) is 6.07 Å². The Hall–Kier alpha value is -2.70. The highest BCUT2D eigenvalue weighted by Crippen LogP contribution is 2.07. The Bertz CT molecular complexity index is 759. The molecule has 0 saturated carbocycles. The number of anilines is 1. The average molecular weight is 242 g/mol. The van der Waals surface area contributed by atoms with Gasteiger partial charge in [0.15, 0.2) is 5.65 Å². The zero-order valence-corrected chi connectivity index (χ0v) is 9.39. The number of nitrogens with zero attached hydrogens (tertiary/aromatic N) is 5. The topological polar surface area (TPSA) is 91.1 Å². The minimum absolute atomic E-state index is 0.226. The van der Waals surface area contributed by atoms with E-state index in [1.54, 1.807) is 24.7 Å². The number of nitrogen functional groups attached to an aromatic ring is 1. The maximum atomic E-state index is 12.0. The molecule has 3 heterocycles. The molecule has 0 aromatic carbocycles. The smallest absolute Gasteiger partial charge is 0.350 e. The molecule has 2 N–H and O–H groups in total. The molecule has 3 rings (SSSR count). The molecule has 0 atom stereocenters. The Morgan fingerprint density at radius 3 is 3.00 bits per heavy atom. The Balaban J connectivity index is 2.09. The molecule has 18 heavy (non-hydrogen) atoms. The van der Waals surface area contributed by atoms with Gasteiger partial charge in [0, 0.05) is 24.2 Å². The molecular formula is C11H10N6O. The lowest BCUT2D eigenvalue weighted by atomic mass is 10.2. The van der Waals surface area contributed by atoms with Crippen molar-refractivity contribution in [1.29, 1.82) is 0 Å². The first-order chi connectivity index (χ1) is 8.75. The molecule has 0 aliphatic carbocycles. The Morgan fingerprint density at radius 2 is 2.22 bits per heavy atom. The van der Waals surface area contributed by atoms with E-state index in [2.05, 4.69) is 15.1 Å². The normalized spacial score (nSPS) is 10.9.